The van der Waals surface area contributed by atoms with Gasteiger partial charge in [-0.3, -0.25) is 0 Å². The lowest BCUT2D eigenvalue weighted by Gasteiger charge is -2.05. The topological polar surface area (TPSA) is 0 Å². The number of benzene rings is 2. The Kier molecular flexibility index (Phi) is 2.47. The van der Waals surface area contributed by atoms with E-state index in [9.17, 15) is 0 Å². The largest absolute Gasteiger partial charge is 0.128 e. The van der Waals surface area contributed by atoms with Crippen molar-refractivity contribution >= 4 is 22.5 Å². The maximum atomic E-state index is 5.45. The van der Waals surface area contributed by atoms with Crippen LogP contribution in [0.1, 0.15) is 5.56 Å². The van der Waals surface area contributed by atoms with Crippen LogP contribution in [0.3, 0.4) is 0 Å². The van der Waals surface area contributed by atoms with Crippen LogP contribution in [0, 0.1) is 12.3 Å². The summed E-state index contributed by atoms with van der Waals surface area (Å²) in [4.78, 5) is 1.20. The standard InChI is InChI=1S/C13H10S/c1-3-10-8-9-11-6-4-5-7-12(11)13(10)14-2/h1,4-9H,2H3. The molecule has 0 radical (unpaired) electrons. The van der Waals surface area contributed by atoms with E-state index in [0.717, 1.165) is 5.56 Å². The summed E-state index contributed by atoms with van der Waals surface area (Å²) in [5.74, 6) is 2.72. The minimum absolute atomic E-state index is 0.983. The molecule has 0 nitrogen and oxygen atoms in total. The summed E-state index contributed by atoms with van der Waals surface area (Å²) >= 11 is 1.71. The van der Waals surface area contributed by atoms with Gasteiger partial charge in [0.25, 0.3) is 0 Å². The number of hydrogen-bond acceptors (Lipinski definition) is 1. The molecule has 0 bridgehead atoms. The van der Waals surface area contributed by atoms with Crippen molar-refractivity contribution < 1.29 is 0 Å². The van der Waals surface area contributed by atoms with Crippen molar-refractivity contribution in [2.45, 2.75) is 4.90 Å². The van der Waals surface area contributed by atoms with E-state index in [2.05, 4.69) is 30.4 Å². The summed E-state index contributed by atoms with van der Waals surface area (Å²) in [7, 11) is 0. The third-order valence-corrected chi connectivity index (χ3v) is 3.09. The van der Waals surface area contributed by atoms with E-state index in [1.165, 1.54) is 15.7 Å². The molecule has 0 heterocycles. The van der Waals surface area contributed by atoms with Crippen molar-refractivity contribution in [2.75, 3.05) is 6.26 Å². The zero-order valence-electron chi connectivity index (χ0n) is 7.95. The first kappa shape index (κ1) is 9.18. The fraction of sp³-hybridized carbons (Fsp3) is 0.0769. The normalized spacial score (nSPS) is 10.0. The predicted octanol–water partition coefficient (Wildman–Crippen LogP) is 3.54. The molecule has 1 heteroatoms. The van der Waals surface area contributed by atoms with Crippen molar-refractivity contribution in [1.29, 1.82) is 0 Å². The second-order valence-corrected chi connectivity index (χ2v) is 3.83. The zero-order valence-corrected chi connectivity index (χ0v) is 8.77. The number of fused-ring (bicyclic) bond motifs is 1. The lowest BCUT2D eigenvalue weighted by atomic mass is 10.1. The molecular weight excluding hydrogens is 188 g/mol. The van der Waals surface area contributed by atoms with Gasteiger partial charge in [0.05, 0.1) is 0 Å². The van der Waals surface area contributed by atoms with Crippen molar-refractivity contribution in [3.8, 4) is 12.3 Å². The van der Waals surface area contributed by atoms with E-state index >= 15 is 0 Å². The van der Waals surface area contributed by atoms with Gasteiger partial charge in [-0.05, 0) is 23.1 Å². The Hall–Kier alpha value is -1.39. The van der Waals surface area contributed by atoms with Crippen LogP contribution in [-0.4, -0.2) is 6.26 Å². The Bertz CT molecular complexity index is 506. The molecule has 0 spiro atoms. The quantitative estimate of drug-likeness (QED) is 0.499. The van der Waals surface area contributed by atoms with Crippen LogP contribution in [-0.2, 0) is 0 Å². The zero-order chi connectivity index (χ0) is 9.97. The third kappa shape index (κ3) is 1.38. The Morgan fingerprint density at radius 1 is 1.14 bits per heavy atom. The number of terminal acetylenes is 1. The van der Waals surface area contributed by atoms with Crippen molar-refractivity contribution in [3.63, 3.8) is 0 Å². The predicted molar refractivity (Wildman–Crippen MR) is 63.7 cm³/mol. The summed E-state index contributed by atoms with van der Waals surface area (Å²) in [5, 5.41) is 2.49. The molecule has 0 amide bonds. The Morgan fingerprint density at radius 3 is 2.64 bits per heavy atom. The van der Waals surface area contributed by atoms with Crippen molar-refractivity contribution in [2.24, 2.45) is 0 Å². The average molecular weight is 198 g/mol. The summed E-state index contributed by atoms with van der Waals surface area (Å²) < 4.78 is 0. The fourth-order valence-corrected chi connectivity index (χ4v) is 2.33. The van der Waals surface area contributed by atoms with Gasteiger partial charge in [-0.2, -0.15) is 0 Å². The molecule has 0 saturated carbocycles. The smallest absolute Gasteiger partial charge is 0.0384 e. The minimum Gasteiger partial charge on any atom is -0.128 e. The molecule has 0 aliphatic carbocycles. The molecule has 0 fully saturated rings. The first-order valence-corrected chi connectivity index (χ1v) is 5.61. The van der Waals surface area contributed by atoms with Gasteiger partial charge < -0.3 is 0 Å². The van der Waals surface area contributed by atoms with Crippen LogP contribution < -0.4 is 0 Å². The van der Waals surface area contributed by atoms with Crippen molar-refractivity contribution in [3.05, 3.63) is 42.0 Å². The van der Waals surface area contributed by atoms with E-state index in [1.807, 2.05) is 18.2 Å². The molecule has 2 aromatic rings. The Labute approximate surface area is 88.3 Å². The second-order valence-electron chi connectivity index (χ2n) is 3.01. The van der Waals surface area contributed by atoms with Gasteiger partial charge in [0.1, 0.15) is 0 Å². The van der Waals surface area contributed by atoms with E-state index in [1.54, 1.807) is 11.8 Å². The van der Waals surface area contributed by atoms with Gasteiger partial charge in [0, 0.05) is 10.5 Å². The highest BCUT2D eigenvalue weighted by molar-refractivity contribution is 7.98. The number of thioether (sulfide) groups is 1. The summed E-state index contributed by atoms with van der Waals surface area (Å²) in [6.07, 6.45) is 7.51. The average Bonchev–Trinajstić information content (AvgIpc) is 2.27. The molecule has 0 saturated heterocycles. The molecule has 2 aromatic carbocycles. The van der Waals surface area contributed by atoms with Crippen LogP contribution in [0.4, 0.5) is 0 Å². The van der Waals surface area contributed by atoms with Gasteiger partial charge >= 0.3 is 0 Å². The van der Waals surface area contributed by atoms with Crippen LogP contribution in [0.25, 0.3) is 10.8 Å². The highest BCUT2D eigenvalue weighted by Crippen LogP contribution is 2.29. The fourth-order valence-electron chi connectivity index (χ4n) is 1.58. The van der Waals surface area contributed by atoms with E-state index in [4.69, 9.17) is 6.42 Å². The Morgan fingerprint density at radius 2 is 1.93 bits per heavy atom. The monoisotopic (exact) mass is 198 g/mol. The molecule has 0 aliphatic rings. The lowest BCUT2D eigenvalue weighted by Crippen LogP contribution is -1.82. The molecule has 0 aromatic heterocycles. The van der Waals surface area contributed by atoms with Crippen LogP contribution in [0.5, 0.6) is 0 Å². The summed E-state index contributed by atoms with van der Waals surface area (Å²) in [5.41, 5.74) is 0.983. The van der Waals surface area contributed by atoms with Gasteiger partial charge in [0.15, 0.2) is 0 Å². The molecule has 68 valence electrons. The van der Waals surface area contributed by atoms with E-state index < -0.39 is 0 Å². The number of hydrogen-bond donors (Lipinski definition) is 0. The molecule has 0 atom stereocenters. The first-order valence-electron chi connectivity index (χ1n) is 4.39. The lowest BCUT2D eigenvalue weighted by molar-refractivity contribution is 1.49. The van der Waals surface area contributed by atoms with E-state index in [-0.39, 0.29) is 0 Å². The van der Waals surface area contributed by atoms with E-state index in [0.29, 0.717) is 0 Å². The maximum Gasteiger partial charge on any atom is 0.0384 e. The molecule has 0 N–H and O–H groups in total. The maximum absolute atomic E-state index is 5.45. The SMILES string of the molecule is C#Cc1ccc2ccccc2c1SC. The van der Waals surface area contributed by atoms with Crippen LogP contribution in [0.15, 0.2) is 41.3 Å². The second kappa shape index (κ2) is 3.77. The van der Waals surface area contributed by atoms with Crippen LogP contribution in [0.2, 0.25) is 0 Å². The van der Waals surface area contributed by atoms with Crippen molar-refractivity contribution in [1.82, 2.24) is 0 Å². The first-order chi connectivity index (χ1) is 6.86. The van der Waals surface area contributed by atoms with Crippen LogP contribution >= 0.6 is 11.8 Å². The molecule has 14 heavy (non-hydrogen) atoms. The summed E-state index contributed by atoms with van der Waals surface area (Å²) in [6, 6.07) is 12.4. The molecular formula is C13H10S. The summed E-state index contributed by atoms with van der Waals surface area (Å²) in [6.45, 7) is 0. The third-order valence-electron chi connectivity index (χ3n) is 2.24. The highest BCUT2D eigenvalue weighted by atomic mass is 32.2. The van der Waals surface area contributed by atoms with Gasteiger partial charge in [0.2, 0.25) is 0 Å². The van der Waals surface area contributed by atoms with Gasteiger partial charge in [-0.25, -0.2) is 0 Å². The molecule has 2 rings (SSSR count). The highest BCUT2D eigenvalue weighted by Gasteiger charge is 2.03. The Balaban J connectivity index is 2.85. The molecule has 0 unspecified atom stereocenters. The minimum atomic E-state index is 0.983. The van der Waals surface area contributed by atoms with Gasteiger partial charge in [-0.15, -0.1) is 18.2 Å². The van der Waals surface area contributed by atoms with Gasteiger partial charge in [-0.1, -0.05) is 36.3 Å². The number of rotatable bonds is 1. The molecule has 0 aliphatic heterocycles.